The summed E-state index contributed by atoms with van der Waals surface area (Å²) in [5.41, 5.74) is 1.24. The number of oxazole rings is 1. The van der Waals surface area contributed by atoms with Gasteiger partial charge in [0.1, 0.15) is 0 Å². The topological polar surface area (TPSA) is 49.5 Å². The van der Waals surface area contributed by atoms with Gasteiger partial charge in [-0.15, -0.1) is 0 Å². The van der Waals surface area contributed by atoms with E-state index in [4.69, 9.17) is 9.52 Å². The molecule has 0 aliphatic rings. The van der Waals surface area contributed by atoms with Crippen molar-refractivity contribution in [2.24, 2.45) is 5.41 Å². The van der Waals surface area contributed by atoms with Crippen molar-refractivity contribution in [1.29, 1.82) is 0 Å². The molecule has 0 aliphatic carbocycles. The smallest absolute Gasteiger partial charge is 0.209 e. The SMILES string of the molecule is CC(C)(C)CN(CCCO)Cc1ncc(-c2ccccc2)o1. The van der Waals surface area contributed by atoms with Gasteiger partial charge in [0.15, 0.2) is 5.76 Å². The van der Waals surface area contributed by atoms with Gasteiger partial charge in [0.05, 0.1) is 12.7 Å². The summed E-state index contributed by atoms with van der Waals surface area (Å²) in [7, 11) is 0. The lowest BCUT2D eigenvalue weighted by atomic mass is 9.96. The van der Waals surface area contributed by atoms with E-state index in [1.807, 2.05) is 30.3 Å². The molecule has 0 radical (unpaired) electrons. The summed E-state index contributed by atoms with van der Waals surface area (Å²) in [5, 5.41) is 9.07. The third kappa shape index (κ3) is 5.28. The summed E-state index contributed by atoms with van der Waals surface area (Å²) in [5.74, 6) is 1.52. The molecule has 0 spiro atoms. The molecular formula is C18H26N2O2. The maximum Gasteiger partial charge on any atom is 0.209 e. The first-order valence-corrected chi connectivity index (χ1v) is 7.81. The number of hydrogen-bond donors (Lipinski definition) is 1. The van der Waals surface area contributed by atoms with Crippen molar-refractivity contribution in [3.63, 3.8) is 0 Å². The lowest BCUT2D eigenvalue weighted by Gasteiger charge is -2.28. The van der Waals surface area contributed by atoms with Crippen LogP contribution in [0.1, 0.15) is 33.1 Å². The number of aromatic nitrogens is 1. The number of rotatable bonds is 7. The highest BCUT2D eigenvalue weighted by Crippen LogP contribution is 2.22. The maximum atomic E-state index is 9.07. The van der Waals surface area contributed by atoms with Crippen LogP contribution < -0.4 is 0 Å². The van der Waals surface area contributed by atoms with Crippen molar-refractivity contribution in [2.75, 3.05) is 19.7 Å². The van der Waals surface area contributed by atoms with Crippen LogP contribution in [-0.2, 0) is 6.54 Å². The molecule has 1 aromatic heterocycles. The van der Waals surface area contributed by atoms with Crippen molar-refractivity contribution >= 4 is 0 Å². The number of aliphatic hydroxyl groups is 1. The van der Waals surface area contributed by atoms with Crippen molar-refractivity contribution in [3.05, 3.63) is 42.4 Å². The molecule has 2 rings (SSSR count). The third-order valence-corrected chi connectivity index (χ3v) is 3.30. The van der Waals surface area contributed by atoms with E-state index >= 15 is 0 Å². The molecule has 1 heterocycles. The monoisotopic (exact) mass is 302 g/mol. The molecule has 0 atom stereocenters. The Morgan fingerprint density at radius 2 is 1.91 bits per heavy atom. The highest BCUT2D eigenvalue weighted by molar-refractivity contribution is 5.55. The molecule has 0 amide bonds. The van der Waals surface area contributed by atoms with E-state index in [-0.39, 0.29) is 12.0 Å². The second-order valence-electron chi connectivity index (χ2n) is 6.83. The summed E-state index contributed by atoms with van der Waals surface area (Å²) in [4.78, 5) is 6.69. The fourth-order valence-corrected chi connectivity index (χ4v) is 2.49. The number of benzene rings is 1. The van der Waals surface area contributed by atoms with Crippen LogP contribution >= 0.6 is 0 Å². The van der Waals surface area contributed by atoms with Gasteiger partial charge >= 0.3 is 0 Å². The van der Waals surface area contributed by atoms with E-state index in [0.29, 0.717) is 6.54 Å². The molecule has 120 valence electrons. The van der Waals surface area contributed by atoms with Crippen molar-refractivity contribution in [1.82, 2.24) is 9.88 Å². The van der Waals surface area contributed by atoms with Crippen LogP contribution in [0.5, 0.6) is 0 Å². The first-order valence-electron chi connectivity index (χ1n) is 7.81. The third-order valence-electron chi connectivity index (χ3n) is 3.30. The summed E-state index contributed by atoms with van der Waals surface area (Å²) in [6.07, 6.45) is 2.55. The molecule has 0 saturated heterocycles. The second-order valence-corrected chi connectivity index (χ2v) is 6.83. The zero-order valence-corrected chi connectivity index (χ0v) is 13.7. The number of aliphatic hydroxyl groups excluding tert-OH is 1. The summed E-state index contributed by atoms with van der Waals surface area (Å²) >= 11 is 0. The van der Waals surface area contributed by atoms with Crippen molar-refractivity contribution in [2.45, 2.75) is 33.7 Å². The fourth-order valence-electron chi connectivity index (χ4n) is 2.49. The molecule has 1 N–H and O–H groups in total. The van der Waals surface area contributed by atoms with Gasteiger partial charge < -0.3 is 9.52 Å². The van der Waals surface area contributed by atoms with Crippen LogP contribution in [-0.4, -0.2) is 34.7 Å². The standard InChI is InChI=1S/C18H26N2O2/c1-18(2,3)14-20(10-7-11-21)13-17-19-12-16(22-17)15-8-5-4-6-9-15/h4-6,8-9,12,21H,7,10-11,13-14H2,1-3H3. The Kier molecular flexibility index (Phi) is 5.75. The first-order chi connectivity index (χ1) is 10.5. The molecule has 4 nitrogen and oxygen atoms in total. The van der Waals surface area contributed by atoms with Crippen LogP contribution in [0.3, 0.4) is 0 Å². The Morgan fingerprint density at radius 3 is 2.55 bits per heavy atom. The van der Waals surface area contributed by atoms with Crippen molar-refractivity contribution < 1.29 is 9.52 Å². The Hall–Kier alpha value is -1.65. The Bertz CT molecular complexity index is 558. The predicted octanol–water partition coefficient (Wildman–Crippen LogP) is 3.57. The summed E-state index contributed by atoms with van der Waals surface area (Å²) < 4.78 is 5.88. The van der Waals surface area contributed by atoms with Crippen LogP contribution in [0.4, 0.5) is 0 Å². The van der Waals surface area contributed by atoms with Crippen LogP contribution in [0.2, 0.25) is 0 Å². The lowest BCUT2D eigenvalue weighted by molar-refractivity contribution is 0.155. The molecule has 0 aliphatic heterocycles. The fraction of sp³-hybridized carbons (Fsp3) is 0.500. The molecule has 2 aromatic rings. The molecule has 22 heavy (non-hydrogen) atoms. The van der Waals surface area contributed by atoms with Gasteiger partial charge in [-0.25, -0.2) is 4.98 Å². The minimum atomic E-state index is 0.199. The second kappa shape index (κ2) is 7.56. The van der Waals surface area contributed by atoms with E-state index in [2.05, 4.69) is 30.7 Å². The highest BCUT2D eigenvalue weighted by Gasteiger charge is 2.18. The van der Waals surface area contributed by atoms with Gasteiger partial charge in [-0.1, -0.05) is 51.1 Å². The van der Waals surface area contributed by atoms with Gasteiger partial charge in [-0.05, 0) is 11.8 Å². The van der Waals surface area contributed by atoms with Crippen LogP contribution in [0, 0.1) is 5.41 Å². The number of nitrogens with zero attached hydrogens (tertiary/aromatic N) is 2. The van der Waals surface area contributed by atoms with Gasteiger partial charge in [0, 0.05) is 25.3 Å². The van der Waals surface area contributed by atoms with Gasteiger partial charge in [-0.2, -0.15) is 0 Å². The molecular weight excluding hydrogens is 276 g/mol. The lowest BCUT2D eigenvalue weighted by Crippen LogP contribution is -2.33. The largest absolute Gasteiger partial charge is 0.439 e. The average Bonchev–Trinajstić information content (AvgIpc) is 2.93. The van der Waals surface area contributed by atoms with E-state index in [0.717, 1.165) is 36.7 Å². The van der Waals surface area contributed by atoms with E-state index in [9.17, 15) is 0 Å². The molecule has 0 fully saturated rings. The molecule has 4 heteroatoms. The molecule has 0 saturated carbocycles. The van der Waals surface area contributed by atoms with Crippen LogP contribution in [0.15, 0.2) is 40.9 Å². The first kappa shape index (κ1) is 16.7. The maximum absolute atomic E-state index is 9.07. The molecule has 1 aromatic carbocycles. The quantitative estimate of drug-likeness (QED) is 0.849. The zero-order chi connectivity index (χ0) is 16.0. The van der Waals surface area contributed by atoms with Gasteiger partial charge in [0.2, 0.25) is 5.89 Å². The molecule has 0 unspecified atom stereocenters. The average molecular weight is 302 g/mol. The minimum absolute atomic E-state index is 0.199. The highest BCUT2D eigenvalue weighted by atomic mass is 16.4. The molecule has 0 bridgehead atoms. The Labute approximate surface area is 132 Å². The van der Waals surface area contributed by atoms with Gasteiger partial charge in [0.25, 0.3) is 0 Å². The summed E-state index contributed by atoms with van der Waals surface area (Å²) in [6, 6.07) is 10.0. The Balaban J connectivity index is 2.05. The normalized spacial score (nSPS) is 12.0. The van der Waals surface area contributed by atoms with E-state index < -0.39 is 0 Å². The zero-order valence-electron chi connectivity index (χ0n) is 13.7. The van der Waals surface area contributed by atoms with E-state index in [1.54, 1.807) is 6.20 Å². The minimum Gasteiger partial charge on any atom is -0.439 e. The van der Waals surface area contributed by atoms with E-state index in [1.165, 1.54) is 0 Å². The van der Waals surface area contributed by atoms with Crippen LogP contribution in [0.25, 0.3) is 11.3 Å². The number of hydrogen-bond acceptors (Lipinski definition) is 4. The Morgan fingerprint density at radius 1 is 1.18 bits per heavy atom. The summed E-state index contributed by atoms with van der Waals surface area (Å²) in [6.45, 7) is 9.30. The van der Waals surface area contributed by atoms with Gasteiger partial charge in [-0.3, -0.25) is 4.90 Å². The van der Waals surface area contributed by atoms with Crippen molar-refractivity contribution in [3.8, 4) is 11.3 Å². The predicted molar refractivity (Wildman–Crippen MR) is 88.4 cm³/mol.